The molecule has 0 amide bonds. The largest absolute Gasteiger partial charge is 0.0622 e. The summed E-state index contributed by atoms with van der Waals surface area (Å²) in [5.74, 6) is 0. The van der Waals surface area contributed by atoms with Crippen molar-refractivity contribution < 1.29 is 0 Å². The number of benzene rings is 8. The monoisotopic (exact) mass is 586 g/mol. The zero-order valence-corrected chi connectivity index (χ0v) is 26.7. The van der Waals surface area contributed by atoms with Crippen LogP contribution >= 0.6 is 0 Å². The predicted octanol–water partition coefficient (Wildman–Crippen LogP) is 12.6. The topological polar surface area (TPSA) is 0 Å². The number of fused-ring (bicyclic) bond motifs is 4. The first-order chi connectivity index (χ1) is 22.4. The minimum absolute atomic E-state index is 0.109. The van der Waals surface area contributed by atoms with Crippen molar-refractivity contribution in [2.75, 3.05) is 0 Å². The summed E-state index contributed by atoms with van der Waals surface area (Å²) in [6.45, 7) is 9.77. The third kappa shape index (κ3) is 3.14. The van der Waals surface area contributed by atoms with Crippen molar-refractivity contribution in [2.24, 2.45) is 0 Å². The zero-order chi connectivity index (χ0) is 30.9. The molecule has 0 saturated carbocycles. The maximum Gasteiger partial charge on any atom is 0.0159 e. The molecule has 0 aliphatic heterocycles. The SMILES string of the molecule is CC1(C)c2cc(-c3c4ccccc4c(-c4ccccc4)c4ccccc34)cc3c2-c2c1ccc1c2c(cc2ccccc21)C3(C)C. The molecule has 0 heteroatoms. The van der Waals surface area contributed by atoms with Gasteiger partial charge in [0.25, 0.3) is 0 Å². The van der Waals surface area contributed by atoms with Crippen LogP contribution in [0.4, 0.5) is 0 Å². The molecule has 0 fully saturated rings. The van der Waals surface area contributed by atoms with Crippen LogP contribution < -0.4 is 0 Å². The van der Waals surface area contributed by atoms with E-state index in [4.69, 9.17) is 0 Å². The van der Waals surface area contributed by atoms with E-state index >= 15 is 0 Å². The Kier molecular flexibility index (Phi) is 4.95. The fraction of sp³-hybridized carbons (Fsp3) is 0.130. The highest BCUT2D eigenvalue weighted by Crippen LogP contribution is 2.61. The van der Waals surface area contributed by atoms with Crippen LogP contribution in [0.5, 0.6) is 0 Å². The molecule has 0 radical (unpaired) electrons. The highest BCUT2D eigenvalue weighted by atomic mass is 14.5. The molecule has 0 saturated heterocycles. The van der Waals surface area contributed by atoms with Crippen molar-refractivity contribution in [3.05, 3.63) is 156 Å². The molecule has 2 aliphatic carbocycles. The molecule has 0 nitrogen and oxygen atoms in total. The second-order valence-electron chi connectivity index (χ2n) is 14.5. The Hall–Kier alpha value is -5.20. The van der Waals surface area contributed by atoms with Gasteiger partial charge in [0.1, 0.15) is 0 Å². The van der Waals surface area contributed by atoms with Crippen molar-refractivity contribution in [2.45, 2.75) is 38.5 Å². The van der Waals surface area contributed by atoms with Gasteiger partial charge in [0.2, 0.25) is 0 Å². The molecule has 10 rings (SSSR count). The fourth-order valence-corrected chi connectivity index (χ4v) is 9.16. The summed E-state index contributed by atoms with van der Waals surface area (Å²) in [6, 6.07) is 50.3. The zero-order valence-electron chi connectivity index (χ0n) is 26.7. The predicted molar refractivity (Wildman–Crippen MR) is 197 cm³/mol. The average molecular weight is 587 g/mol. The van der Waals surface area contributed by atoms with Gasteiger partial charge in [-0.25, -0.2) is 0 Å². The maximum absolute atomic E-state index is 2.55. The molecule has 46 heavy (non-hydrogen) atoms. The minimum atomic E-state index is -0.163. The lowest BCUT2D eigenvalue weighted by Gasteiger charge is -2.36. The molecular weight excluding hydrogens is 553 g/mol. The first-order valence-corrected chi connectivity index (χ1v) is 16.5. The Morgan fingerprint density at radius 1 is 0.326 bits per heavy atom. The van der Waals surface area contributed by atoms with Crippen LogP contribution in [0.2, 0.25) is 0 Å². The Balaban J connectivity index is 1.36. The summed E-state index contributed by atoms with van der Waals surface area (Å²) in [5, 5.41) is 10.7. The molecule has 0 spiro atoms. The van der Waals surface area contributed by atoms with E-state index in [-0.39, 0.29) is 10.8 Å². The van der Waals surface area contributed by atoms with Gasteiger partial charge in [-0.3, -0.25) is 0 Å². The molecule has 2 aliphatic rings. The molecule has 0 unspecified atom stereocenters. The van der Waals surface area contributed by atoms with Gasteiger partial charge < -0.3 is 0 Å². The van der Waals surface area contributed by atoms with Crippen LogP contribution in [-0.4, -0.2) is 0 Å². The average Bonchev–Trinajstić information content (AvgIpc) is 3.32. The van der Waals surface area contributed by atoms with E-state index in [2.05, 4.69) is 161 Å². The van der Waals surface area contributed by atoms with Gasteiger partial charge in [-0.2, -0.15) is 0 Å². The van der Waals surface area contributed by atoms with Gasteiger partial charge in [0, 0.05) is 10.8 Å². The van der Waals surface area contributed by atoms with E-state index in [1.54, 1.807) is 0 Å². The molecule has 0 N–H and O–H groups in total. The van der Waals surface area contributed by atoms with Gasteiger partial charge in [-0.15, -0.1) is 0 Å². The lowest BCUT2D eigenvalue weighted by molar-refractivity contribution is 0.640. The summed E-state index contributed by atoms with van der Waals surface area (Å²) in [7, 11) is 0. The van der Waals surface area contributed by atoms with Crippen LogP contribution in [0, 0.1) is 0 Å². The van der Waals surface area contributed by atoms with Crippen molar-refractivity contribution in [3.8, 4) is 33.4 Å². The van der Waals surface area contributed by atoms with Crippen molar-refractivity contribution in [1.82, 2.24) is 0 Å². The number of hydrogen-bond donors (Lipinski definition) is 0. The second-order valence-corrected chi connectivity index (χ2v) is 14.5. The van der Waals surface area contributed by atoms with Gasteiger partial charge >= 0.3 is 0 Å². The third-order valence-electron chi connectivity index (χ3n) is 11.4. The van der Waals surface area contributed by atoms with Crippen molar-refractivity contribution in [3.63, 3.8) is 0 Å². The van der Waals surface area contributed by atoms with Crippen LogP contribution in [0.15, 0.2) is 133 Å². The number of hydrogen-bond acceptors (Lipinski definition) is 0. The molecule has 8 aromatic carbocycles. The molecular formula is C46H34. The summed E-state index contributed by atoms with van der Waals surface area (Å²) < 4.78 is 0. The van der Waals surface area contributed by atoms with Crippen molar-refractivity contribution in [1.29, 1.82) is 0 Å². The molecule has 8 aromatic rings. The first-order valence-electron chi connectivity index (χ1n) is 16.5. The van der Waals surface area contributed by atoms with E-state index in [9.17, 15) is 0 Å². The van der Waals surface area contributed by atoms with E-state index in [1.807, 2.05) is 0 Å². The summed E-state index contributed by atoms with van der Waals surface area (Å²) >= 11 is 0. The highest BCUT2D eigenvalue weighted by molar-refractivity contribution is 6.22. The molecule has 218 valence electrons. The van der Waals surface area contributed by atoms with Gasteiger partial charge in [0.05, 0.1) is 0 Å². The molecule has 0 aromatic heterocycles. The van der Waals surface area contributed by atoms with Crippen molar-refractivity contribution >= 4 is 43.1 Å². The van der Waals surface area contributed by atoms with Crippen LogP contribution in [0.1, 0.15) is 49.9 Å². The van der Waals surface area contributed by atoms with Crippen LogP contribution in [0.25, 0.3) is 76.5 Å². The number of rotatable bonds is 2. The maximum atomic E-state index is 2.55. The Labute approximate surface area is 270 Å². The van der Waals surface area contributed by atoms with Crippen LogP contribution in [0.3, 0.4) is 0 Å². The lowest BCUT2D eigenvalue weighted by atomic mass is 9.67. The van der Waals surface area contributed by atoms with Crippen LogP contribution in [-0.2, 0) is 10.8 Å². The summed E-state index contributed by atoms with van der Waals surface area (Å²) in [5.41, 5.74) is 13.7. The molecule has 0 bridgehead atoms. The quantitative estimate of drug-likeness (QED) is 0.140. The molecule has 0 atom stereocenters. The fourth-order valence-electron chi connectivity index (χ4n) is 9.16. The van der Waals surface area contributed by atoms with Gasteiger partial charge in [-0.1, -0.05) is 143 Å². The Morgan fingerprint density at radius 3 is 1.43 bits per heavy atom. The van der Waals surface area contributed by atoms with E-state index in [0.717, 1.165) is 0 Å². The normalized spacial score (nSPS) is 15.3. The lowest BCUT2D eigenvalue weighted by Crippen LogP contribution is -2.24. The minimum Gasteiger partial charge on any atom is -0.0622 e. The summed E-state index contributed by atoms with van der Waals surface area (Å²) in [4.78, 5) is 0. The van der Waals surface area contributed by atoms with Gasteiger partial charge in [-0.05, 0) is 117 Å². The van der Waals surface area contributed by atoms with E-state index in [0.29, 0.717) is 0 Å². The highest BCUT2D eigenvalue weighted by Gasteiger charge is 2.45. The van der Waals surface area contributed by atoms with Gasteiger partial charge in [0.15, 0.2) is 0 Å². The Bertz CT molecular complexity index is 2560. The summed E-state index contributed by atoms with van der Waals surface area (Å²) in [6.07, 6.45) is 0. The Morgan fingerprint density at radius 2 is 0.826 bits per heavy atom. The van der Waals surface area contributed by atoms with E-state index < -0.39 is 0 Å². The second kappa shape index (κ2) is 8.74. The third-order valence-corrected chi connectivity index (χ3v) is 11.4. The molecule has 0 heterocycles. The standard InChI is InChI=1S/C46H34/c1-45(2)36-23-22-35-30-17-9-8-16-28(30)24-37-42(35)44(36)43-38(45)25-29(26-39(43)46(37,3)4)41-33-20-12-10-18-31(33)40(27-14-6-5-7-15-27)32-19-11-13-21-34(32)41/h5-26H,1-4H3. The smallest absolute Gasteiger partial charge is 0.0159 e. The van der Waals surface area contributed by atoms with E-state index in [1.165, 1.54) is 98.7 Å². The first kappa shape index (κ1) is 26.1.